The van der Waals surface area contributed by atoms with Crippen molar-refractivity contribution in [3.8, 4) is 0 Å². The van der Waals surface area contributed by atoms with Crippen LogP contribution in [0.5, 0.6) is 0 Å². The average molecular weight is 324 g/mol. The van der Waals surface area contributed by atoms with Crippen LogP contribution in [0.2, 0.25) is 0 Å². The van der Waals surface area contributed by atoms with Crippen LogP contribution in [0.15, 0.2) is 36.4 Å². The van der Waals surface area contributed by atoms with Gasteiger partial charge in [0.1, 0.15) is 0 Å². The fourth-order valence-corrected chi connectivity index (χ4v) is 3.17. The first kappa shape index (κ1) is 15.9. The Morgan fingerprint density at radius 2 is 1.38 bits per heavy atom. The maximum Gasteiger partial charge on any atom is 0.336 e. The van der Waals surface area contributed by atoms with Gasteiger partial charge in [0.05, 0.1) is 16.7 Å². The molecule has 3 rings (SSSR count). The Morgan fingerprint density at radius 1 is 0.792 bits per heavy atom. The van der Waals surface area contributed by atoms with E-state index in [4.69, 9.17) is 0 Å². The van der Waals surface area contributed by atoms with E-state index in [0.29, 0.717) is 5.56 Å². The Balaban J connectivity index is 2.13. The molecule has 24 heavy (non-hydrogen) atoms. The molecule has 0 spiro atoms. The molecule has 5 nitrogen and oxygen atoms in total. The quantitative estimate of drug-likeness (QED) is 0.843. The molecule has 0 heterocycles. The molecule has 0 unspecified atom stereocenters. The van der Waals surface area contributed by atoms with Crippen LogP contribution in [0.1, 0.15) is 60.6 Å². The molecule has 0 bridgehead atoms. The highest BCUT2D eigenvalue weighted by molar-refractivity contribution is 6.18. The molecule has 2 N–H and O–H groups in total. The second-order valence-corrected chi connectivity index (χ2v) is 5.86. The van der Waals surface area contributed by atoms with Gasteiger partial charge in [0.15, 0.2) is 5.78 Å². The van der Waals surface area contributed by atoms with Crippen molar-refractivity contribution in [3.05, 3.63) is 69.8 Å². The number of rotatable bonds is 4. The zero-order chi connectivity index (χ0) is 17.3. The van der Waals surface area contributed by atoms with Crippen molar-refractivity contribution in [3.63, 3.8) is 0 Å². The number of fused-ring (bicyclic) bond motifs is 1. The standard InChI is InChI=1S/C19H16O5/c20-17(13-9-8-11-4-1-2-5-12(11)10-13)16-14(18(21)22)6-3-7-15(16)19(23)24/h3,6-10H,1-2,4-5H2,(H,21,22)(H,23,24). The number of aromatic carboxylic acids is 2. The van der Waals surface area contributed by atoms with Crippen LogP contribution in [0.3, 0.4) is 0 Å². The first-order chi connectivity index (χ1) is 11.5. The lowest BCUT2D eigenvalue weighted by Gasteiger charge is -2.17. The third-order valence-corrected chi connectivity index (χ3v) is 4.36. The molecule has 0 radical (unpaired) electrons. The average Bonchev–Trinajstić information content (AvgIpc) is 2.59. The fraction of sp³-hybridized carbons (Fsp3) is 0.211. The van der Waals surface area contributed by atoms with Gasteiger partial charge in [-0.3, -0.25) is 4.79 Å². The molecule has 0 fully saturated rings. The molecule has 122 valence electrons. The molecule has 0 aliphatic heterocycles. The Hall–Kier alpha value is -2.95. The lowest BCUT2D eigenvalue weighted by Crippen LogP contribution is -2.16. The van der Waals surface area contributed by atoms with Crippen LogP contribution in [0.25, 0.3) is 0 Å². The summed E-state index contributed by atoms with van der Waals surface area (Å²) in [6.07, 6.45) is 4.01. The van der Waals surface area contributed by atoms with Gasteiger partial charge < -0.3 is 10.2 Å². The summed E-state index contributed by atoms with van der Waals surface area (Å²) in [5, 5.41) is 18.6. The van der Waals surface area contributed by atoms with Crippen molar-refractivity contribution < 1.29 is 24.6 Å². The SMILES string of the molecule is O=C(O)c1cccc(C(=O)O)c1C(=O)c1ccc2c(c1)CCCC2. The summed E-state index contributed by atoms with van der Waals surface area (Å²) in [5.74, 6) is -3.21. The van der Waals surface area contributed by atoms with E-state index in [1.54, 1.807) is 12.1 Å². The van der Waals surface area contributed by atoms with Crippen molar-refractivity contribution in [1.82, 2.24) is 0 Å². The third kappa shape index (κ3) is 2.80. The highest BCUT2D eigenvalue weighted by atomic mass is 16.4. The molecule has 1 aliphatic rings. The van der Waals surface area contributed by atoms with Crippen molar-refractivity contribution in [2.45, 2.75) is 25.7 Å². The Bertz CT molecular complexity index is 819. The first-order valence-corrected chi connectivity index (χ1v) is 7.75. The van der Waals surface area contributed by atoms with Gasteiger partial charge in [0, 0.05) is 5.56 Å². The van der Waals surface area contributed by atoms with Crippen LogP contribution in [0, 0.1) is 0 Å². The molecule has 0 saturated heterocycles. The number of hydrogen-bond acceptors (Lipinski definition) is 3. The summed E-state index contributed by atoms with van der Waals surface area (Å²) in [6, 6.07) is 9.13. The van der Waals surface area contributed by atoms with E-state index in [1.807, 2.05) is 6.07 Å². The lowest BCUT2D eigenvalue weighted by atomic mass is 9.87. The number of ketones is 1. The van der Waals surface area contributed by atoms with Gasteiger partial charge in [-0.15, -0.1) is 0 Å². The zero-order valence-electron chi connectivity index (χ0n) is 12.9. The predicted molar refractivity (Wildman–Crippen MR) is 86.9 cm³/mol. The topological polar surface area (TPSA) is 91.7 Å². The highest BCUT2D eigenvalue weighted by Crippen LogP contribution is 2.25. The maximum absolute atomic E-state index is 12.9. The second-order valence-electron chi connectivity index (χ2n) is 5.86. The molecule has 1 aliphatic carbocycles. The monoisotopic (exact) mass is 324 g/mol. The summed E-state index contributed by atoms with van der Waals surface area (Å²) in [5.41, 5.74) is 1.75. The van der Waals surface area contributed by atoms with Crippen LogP contribution >= 0.6 is 0 Å². The number of hydrogen-bond donors (Lipinski definition) is 2. The zero-order valence-corrected chi connectivity index (χ0v) is 12.9. The Morgan fingerprint density at radius 3 is 1.96 bits per heavy atom. The number of carbonyl (C=O) groups excluding carboxylic acids is 1. The van der Waals surface area contributed by atoms with Crippen LogP contribution in [0.4, 0.5) is 0 Å². The summed E-state index contributed by atoms with van der Waals surface area (Å²) in [7, 11) is 0. The molecule has 0 saturated carbocycles. The van der Waals surface area contributed by atoms with E-state index in [9.17, 15) is 24.6 Å². The Kier molecular flexibility index (Phi) is 4.16. The van der Waals surface area contributed by atoms with Gasteiger partial charge in [-0.1, -0.05) is 18.2 Å². The number of aryl methyl sites for hydroxylation is 2. The van der Waals surface area contributed by atoms with Crippen LogP contribution < -0.4 is 0 Å². The fourth-order valence-electron chi connectivity index (χ4n) is 3.17. The van der Waals surface area contributed by atoms with Crippen LogP contribution in [-0.4, -0.2) is 27.9 Å². The van der Waals surface area contributed by atoms with Gasteiger partial charge >= 0.3 is 11.9 Å². The minimum Gasteiger partial charge on any atom is -0.478 e. The van der Waals surface area contributed by atoms with E-state index in [1.165, 1.54) is 23.8 Å². The largest absolute Gasteiger partial charge is 0.478 e. The minimum atomic E-state index is -1.32. The maximum atomic E-state index is 12.9. The number of carboxylic acid groups (broad SMARTS) is 2. The molecular weight excluding hydrogens is 308 g/mol. The van der Waals surface area contributed by atoms with Crippen LogP contribution in [-0.2, 0) is 12.8 Å². The summed E-state index contributed by atoms with van der Waals surface area (Å²) in [4.78, 5) is 35.7. The highest BCUT2D eigenvalue weighted by Gasteiger charge is 2.25. The van der Waals surface area contributed by atoms with Crippen molar-refractivity contribution >= 4 is 17.7 Å². The van der Waals surface area contributed by atoms with Gasteiger partial charge in [0.2, 0.25) is 0 Å². The number of benzene rings is 2. The lowest BCUT2D eigenvalue weighted by molar-refractivity contribution is 0.0690. The number of carbonyl (C=O) groups is 3. The van der Waals surface area contributed by atoms with E-state index in [-0.39, 0.29) is 16.7 Å². The van der Waals surface area contributed by atoms with Gasteiger partial charge in [-0.05, 0) is 55.0 Å². The smallest absolute Gasteiger partial charge is 0.336 e. The van der Waals surface area contributed by atoms with Gasteiger partial charge in [-0.25, -0.2) is 9.59 Å². The summed E-state index contributed by atoms with van der Waals surface area (Å²) in [6.45, 7) is 0. The summed E-state index contributed by atoms with van der Waals surface area (Å²) >= 11 is 0. The number of carboxylic acids is 2. The van der Waals surface area contributed by atoms with Crippen molar-refractivity contribution in [2.75, 3.05) is 0 Å². The van der Waals surface area contributed by atoms with Gasteiger partial charge in [-0.2, -0.15) is 0 Å². The minimum absolute atomic E-state index is 0.270. The van der Waals surface area contributed by atoms with E-state index in [2.05, 4.69) is 0 Å². The molecule has 0 amide bonds. The van der Waals surface area contributed by atoms with Crippen molar-refractivity contribution in [1.29, 1.82) is 0 Å². The predicted octanol–water partition coefficient (Wildman–Crippen LogP) is 3.19. The molecule has 0 atom stereocenters. The van der Waals surface area contributed by atoms with Gasteiger partial charge in [0.25, 0.3) is 0 Å². The third-order valence-electron chi connectivity index (χ3n) is 4.36. The van der Waals surface area contributed by atoms with E-state index < -0.39 is 17.7 Å². The van der Waals surface area contributed by atoms with E-state index >= 15 is 0 Å². The second kappa shape index (κ2) is 6.28. The Labute approximate surface area is 138 Å². The summed E-state index contributed by atoms with van der Waals surface area (Å²) < 4.78 is 0. The normalized spacial score (nSPS) is 13.2. The molecule has 0 aromatic heterocycles. The first-order valence-electron chi connectivity index (χ1n) is 7.75. The molecule has 2 aromatic carbocycles. The molecular formula is C19H16O5. The molecule has 2 aromatic rings. The molecule has 5 heteroatoms. The van der Waals surface area contributed by atoms with Crippen molar-refractivity contribution in [2.24, 2.45) is 0 Å². The van der Waals surface area contributed by atoms with E-state index in [0.717, 1.165) is 31.2 Å².